The lowest BCUT2D eigenvalue weighted by Crippen LogP contribution is -1.91. The van der Waals surface area contributed by atoms with Crippen molar-refractivity contribution in [1.82, 2.24) is 4.98 Å². The molecule has 0 unspecified atom stereocenters. The van der Waals surface area contributed by atoms with Gasteiger partial charge >= 0.3 is 0 Å². The molecular formula is C13H11F2N. The first-order valence-electron chi connectivity index (χ1n) is 4.97. The van der Waals surface area contributed by atoms with Gasteiger partial charge in [-0.3, -0.25) is 4.98 Å². The van der Waals surface area contributed by atoms with E-state index < -0.39 is 11.6 Å². The van der Waals surface area contributed by atoms with E-state index >= 15 is 0 Å². The van der Waals surface area contributed by atoms with Gasteiger partial charge in [0.25, 0.3) is 0 Å². The Balaban J connectivity index is 2.58. The van der Waals surface area contributed by atoms with Crippen LogP contribution in [-0.2, 0) is 0 Å². The Labute approximate surface area is 92.8 Å². The number of hydrogen-bond donors (Lipinski definition) is 0. The topological polar surface area (TPSA) is 12.9 Å². The van der Waals surface area contributed by atoms with Gasteiger partial charge in [0.2, 0.25) is 0 Å². The van der Waals surface area contributed by atoms with Crippen LogP contribution in [0.3, 0.4) is 0 Å². The first-order valence-corrected chi connectivity index (χ1v) is 4.97. The summed E-state index contributed by atoms with van der Waals surface area (Å²) in [6.45, 7) is 3.69. The minimum atomic E-state index is -0.566. The maximum atomic E-state index is 13.5. The number of pyridine rings is 1. The predicted molar refractivity (Wildman–Crippen MR) is 59.1 cm³/mol. The first-order chi connectivity index (χ1) is 7.56. The molecular weight excluding hydrogens is 208 g/mol. The standard InChI is InChI=1S/C13H11F2N/c1-8-5-10(6-9(2)16-8)12-4-3-11(14)7-13(12)15/h3-7H,1-2H3. The van der Waals surface area contributed by atoms with Crippen LogP contribution in [0.2, 0.25) is 0 Å². The summed E-state index contributed by atoms with van der Waals surface area (Å²) >= 11 is 0. The summed E-state index contributed by atoms with van der Waals surface area (Å²) in [5.41, 5.74) is 2.76. The molecule has 2 aromatic rings. The Kier molecular flexibility index (Phi) is 2.69. The average molecular weight is 219 g/mol. The van der Waals surface area contributed by atoms with Crippen molar-refractivity contribution >= 4 is 0 Å². The third-order valence-corrected chi connectivity index (χ3v) is 2.32. The fraction of sp³-hybridized carbons (Fsp3) is 0.154. The summed E-state index contributed by atoms with van der Waals surface area (Å²) in [6.07, 6.45) is 0. The number of rotatable bonds is 1. The van der Waals surface area contributed by atoms with Crippen molar-refractivity contribution < 1.29 is 8.78 Å². The lowest BCUT2D eigenvalue weighted by molar-refractivity contribution is 0.585. The van der Waals surface area contributed by atoms with Gasteiger partial charge in [-0.05, 0) is 43.7 Å². The van der Waals surface area contributed by atoms with Crippen LogP contribution in [0.4, 0.5) is 8.78 Å². The van der Waals surface area contributed by atoms with Gasteiger partial charge in [-0.2, -0.15) is 0 Å². The highest BCUT2D eigenvalue weighted by Crippen LogP contribution is 2.24. The molecule has 0 amide bonds. The van der Waals surface area contributed by atoms with Crippen molar-refractivity contribution in [2.75, 3.05) is 0 Å². The van der Waals surface area contributed by atoms with E-state index in [9.17, 15) is 8.78 Å². The van der Waals surface area contributed by atoms with Gasteiger partial charge in [-0.15, -0.1) is 0 Å². The van der Waals surface area contributed by atoms with Crippen molar-refractivity contribution in [2.24, 2.45) is 0 Å². The Hall–Kier alpha value is -1.77. The molecule has 1 nitrogen and oxygen atoms in total. The third-order valence-electron chi connectivity index (χ3n) is 2.32. The minimum Gasteiger partial charge on any atom is -0.258 e. The fourth-order valence-electron chi connectivity index (χ4n) is 1.71. The quantitative estimate of drug-likeness (QED) is 0.713. The fourth-order valence-corrected chi connectivity index (χ4v) is 1.71. The van der Waals surface area contributed by atoms with Crippen LogP contribution in [-0.4, -0.2) is 4.98 Å². The number of nitrogens with zero attached hydrogens (tertiary/aromatic N) is 1. The van der Waals surface area contributed by atoms with E-state index in [4.69, 9.17) is 0 Å². The maximum absolute atomic E-state index is 13.5. The zero-order chi connectivity index (χ0) is 11.7. The Morgan fingerprint density at radius 1 is 0.938 bits per heavy atom. The summed E-state index contributed by atoms with van der Waals surface area (Å²) in [4.78, 5) is 4.21. The number of aromatic nitrogens is 1. The zero-order valence-corrected chi connectivity index (χ0v) is 9.09. The van der Waals surface area contributed by atoms with Gasteiger partial charge in [0.15, 0.2) is 0 Å². The van der Waals surface area contributed by atoms with Gasteiger partial charge in [0.05, 0.1) is 0 Å². The summed E-state index contributed by atoms with van der Waals surface area (Å²) in [7, 11) is 0. The summed E-state index contributed by atoms with van der Waals surface area (Å²) in [5.74, 6) is -1.12. The van der Waals surface area contributed by atoms with Crippen LogP contribution < -0.4 is 0 Å². The van der Waals surface area contributed by atoms with Gasteiger partial charge in [0, 0.05) is 23.0 Å². The smallest absolute Gasteiger partial charge is 0.133 e. The second kappa shape index (κ2) is 4.00. The molecule has 1 aromatic heterocycles. The van der Waals surface area contributed by atoms with Gasteiger partial charge in [-0.1, -0.05) is 0 Å². The van der Waals surface area contributed by atoms with E-state index in [0.29, 0.717) is 5.56 Å². The van der Waals surface area contributed by atoms with E-state index in [1.165, 1.54) is 12.1 Å². The molecule has 0 bridgehead atoms. The van der Waals surface area contributed by atoms with E-state index in [1.54, 1.807) is 12.1 Å². The second-order valence-electron chi connectivity index (χ2n) is 3.76. The zero-order valence-electron chi connectivity index (χ0n) is 9.09. The molecule has 82 valence electrons. The molecule has 0 aliphatic rings. The normalized spacial score (nSPS) is 10.5. The molecule has 0 aliphatic heterocycles. The number of benzene rings is 1. The first kappa shape index (κ1) is 10.7. The highest BCUT2D eigenvalue weighted by molar-refractivity contribution is 5.64. The number of hydrogen-bond acceptors (Lipinski definition) is 1. The molecule has 0 fully saturated rings. The van der Waals surface area contributed by atoms with E-state index in [1.807, 2.05) is 13.8 Å². The lowest BCUT2D eigenvalue weighted by atomic mass is 10.0. The highest BCUT2D eigenvalue weighted by Gasteiger charge is 2.07. The van der Waals surface area contributed by atoms with Crippen LogP contribution in [0.15, 0.2) is 30.3 Å². The van der Waals surface area contributed by atoms with Crippen LogP contribution in [0.1, 0.15) is 11.4 Å². The van der Waals surface area contributed by atoms with Crippen molar-refractivity contribution in [3.63, 3.8) is 0 Å². The molecule has 1 heterocycles. The summed E-state index contributed by atoms with van der Waals surface area (Å²) in [5, 5.41) is 0. The summed E-state index contributed by atoms with van der Waals surface area (Å²) in [6, 6.07) is 7.15. The Bertz CT molecular complexity index is 515. The van der Waals surface area contributed by atoms with Crippen LogP contribution >= 0.6 is 0 Å². The molecule has 0 radical (unpaired) electrons. The van der Waals surface area contributed by atoms with Gasteiger partial charge in [-0.25, -0.2) is 8.78 Å². The SMILES string of the molecule is Cc1cc(-c2ccc(F)cc2F)cc(C)n1. The largest absolute Gasteiger partial charge is 0.258 e. The predicted octanol–water partition coefficient (Wildman–Crippen LogP) is 3.64. The monoisotopic (exact) mass is 219 g/mol. The Morgan fingerprint density at radius 3 is 2.12 bits per heavy atom. The molecule has 0 saturated heterocycles. The third kappa shape index (κ3) is 2.08. The molecule has 0 aliphatic carbocycles. The second-order valence-corrected chi connectivity index (χ2v) is 3.76. The Morgan fingerprint density at radius 2 is 1.56 bits per heavy atom. The number of aryl methyl sites for hydroxylation is 2. The number of halogens is 2. The molecule has 0 N–H and O–H groups in total. The van der Waals surface area contributed by atoms with E-state index in [-0.39, 0.29) is 0 Å². The molecule has 1 aromatic carbocycles. The molecule has 3 heteroatoms. The minimum absolute atomic E-state index is 0.398. The molecule has 2 rings (SSSR count). The maximum Gasteiger partial charge on any atom is 0.133 e. The van der Waals surface area contributed by atoms with Crippen molar-refractivity contribution in [2.45, 2.75) is 13.8 Å². The van der Waals surface area contributed by atoms with E-state index in [0.717, 1.165) is 23.0 Å². The van der Waals surface area contributed by atoms with Crippen LogP contribution in [0.5, 0.6) is 0 Å². The average Bonchev–Trinajstić information content (AvgIpc) is 2.15. The molecule has 0 atom stereocenters. The van der Waals surface area contributed by atoms with Crippen LogP contribution in [0.25, 0.3) is 11.1 Å². The van der Waals surface area contributed by atoms with Crippen molar-refractivity contribution in [3.05, 3.63) is 53.4 Å². The van der Waals surface area contributed by atoms with Crippen molar-refractivity contribution in [3.8, 4) is 11.1 Å². The van der Waals surface area contributed by atoms with Gasteiger partial charge in [0.1, 0.15) is 11.6 Å². The van der Waals surface area contributed by atoms with E-state index in [2.05, 4.69) is 4.98 Å². The van der Waals surface area contributed by atoms with Gasteiger partial charge < -0.3 is 0 Å². The highest BCUT2D eigenvalue weighted by atomic mass is 19.1. The van der Waals surface area contributed by atoms with Crippen molar-refractivity contribution in [1.29, 1.82) is 0 Å². The molecule has 0 spiro atoms. The molecule has 16 heavy (non-hydrogen) atoms. The lowest BCUT2D eigenvalue weighted by Gasteiger charge is -2.05. The summed E-state index contributed by atoms with van der Waals surface area (Å²) < 4.78 is 26.3. The molecule has 0 saturated carbocycles. The van der Waals surface area contributed by atoms with Crippen LogP contribution in [0, 0.1) is 25.5 Å².